The Morgan fingerprint density at radius 3 is 2.88 bits per heavy atom. The van der Waals surface area contributed by atoms with E-state index in [2.05, 4.69) is 11.8 Å². The summed E-state index contributed by atoms with van der Waals surface area (Å²) in [5, 5.41) is 1.29. The summed E-state index contributed by atoms with van der Waals surface area (Å²) in [6.45, 7) is 5.07. The molecule has 1 aromatic carbocycles. The number of halogens is 2. The molecule has 1 aliphatic heterocycles. The molecule has 1 heterocycles. The molecule has 0 aromatic heterocycles. The maximum atomic E-state index is 6.19. The largest absolute Gasteiger partial charge is 0.326 e. The molecular formula is C13H18Cl2N2. The fourth-order valence-electron chi connectivity index (χ4n) is 2.22. The highest BCUT2D eigenvalue weighted by Gasteiger charge is 2.23. The summed E-state index contributed by atoms with van der Waals surface area (Å²) in [7, 11) is 0. The Morgan fingerprint density at radius 1 is 1.41 bits per heavy atom. The smallest absolute Gasteiger partial charge is 0.0637 e. The standard InChI is InChI=1S/C13H18Cl2N2/c1-9-5-6-17(8-12(9)16)7-10-3-2-4-11(14)13(10)15/h2-4,9,12H,5-8,16H2,1H3. The SMILES string of the molecule is CC1CCN(Cc2cccc(Cl)c2Cl)CC1N. The molecular weight excluding hydrogens is 255 g/mol. The summed E-state index contributed by atoms with van der Waals surface area (Å²) >= 11 is 12.2. The predicted octanol–water partition coefficient (Wildman–Crippen LogP) is 3.16. The molecule has 2 N–H and O–H groups in total. The van der Waals surface area contributed by atoms with Gasteiger partial charge in [0.15, 0.2) is 0 Å². The van der Waals surface area contributed by atoms with Crippen molar-refractivity contribution in [1.29, 1.82) is 0 Å². The Morgan fingerprint density at radius 2 is 2.18 bits per heavy atom. The summed E-state index contributed by atoms with van der Waals surface area (Å²) in [6.07, 6.45) is 1.15. The van der Waals surface area contributed by atoms with Gasteiger partial charge in [-0.05, 0) is 30.5 Å². The molecule has 0 amide bonds. The highest BCUT2D eigenvalue weighted by atomic mass is 35.5. The molecule has 1 fully saturated rings. The van der Waals surface area contributed by atoms with Gasteiger partial charge in [0.25, 0.3) is 0 Å². The second kappa shape index (κ2) is 5.57. The molecule has 1 aromatic rings. The number of hydrogen-bond donors (Lipinski definition) is 1. The first-order valence-corrected chi connectivity index (χ1v) is 6.74. The first kappa shape index (κ1) is 13.2. The van der Waals surface area contributed by atoms with Crippen molar-refractivity contribution < 1.29 is 0 Å². The Balaban J connectivity index is 2.04. The van der Waals surface area contributed by atoms with Crippen LogP contribution in [0.4, 0.5) is 0 Å². The third-order valence-corrected chi connectivity index (χ3v) is 4.38. The monoisotopic (exact) mass is 272 g/mol. The van der Waals surface area contributed by atoms with E-state index in [-0.39, 0.29) is 6.04 Å². The molecule has 0 bridgehead atoms. The minimum atomic E-state index is 0.265. The van der Waals surface area contributed by atoms with Gasteiger partial charge in [0.2, 0.25) is 0 Å². The Hall–Kier alpha value is -0.280. The molecule has 4 heteroatoms. The molecule has 0 spiro atoms. The summed E-state index contributed by atoms with van der Waals surface area (Å²) in [4.78, 5) is 2.35. The average molecular weight is 273 g/mol. The Bertz CT molecular complexity index is 395. The van der Waals surface area contributed by atoms with E-state index in [1.165, 1.54) is 0 Å². The molecule has 17 heavy (non-hydrogen) atoms. The quantitative estimate of drug-likeness (QED) is 0.896. The first-order valence-electron chi connectivity index (χ1n) is 5.98. The second-order valence-corrected chi connectivity index (χ2v) is 5.66. The molecule has 2 atom stereocenters. The number of nitrogens with zero attached hydrogens (tertiary/aromatic N) is 1. The second-order valence-electron chi connectivity index (χ2n) is 4.88. The van der Waals surface area contributed by atoms with Crippen molar-refractivity contribution in [3.05, 3.63) is 33.8 Å². The lowest BCUT2D eigenvalue weighted by Crippen LogP contribution is -2.47. The third-order valence-electron chi connectivity index (χ3n) is 3.53. The number of nitrogens with two attached hydrogens (primary N) is 1. The topological polar surface area (TPSA) is 29.3 Å². The highest BCUT2D eigenvalue weighted by Crippen LogP contribution is 2.27. The van der Waals surface area contributed by atoms with E-state index < -0.39 is 0 Å². The van der Waals surface area contributed by atoms with Gasteiger partial charge >= 0.3 is 0 Å². The first-order chi connectivity index (χ1) is 8.08. The highest BCUT2D eigenvalue weighted by molar-refractivity contribution is 6.42. The lowest BCUT2D eigenvalue weighted by Gasteiger charge is -2.35. The van der Waals surface area contributed by atoms with Crippen LogP contribution in [-0.2, 0) is 6.54 Å². The van der Waals surface area contributed by atoms with Crippen molar-refractivity contribution in [2.24, 2.45) is 11.7 Å². The van der Waals surface area contributed by atoms with Gasteiger partial charge < -0.3 is 5.73 Å². The van der Waals surface area contributed by atoms with E-state index >= 15 is 0 Å². The minimum Gasteiger partial charge on any atom is -0.326 e. The van der Waals surface area contributed by atoms with E-state index in [0.29, 0.717) is 16.0 Å². The van der Waals surface area contributed by atoms with Gasteiger partial charge in [-0.1, -0.05) is 42.3 Å². The van der Waals surface area contributed by atoms with Crippen LogP contribution in [0.1, 0.15) is 18.9 Å². The van der Waals surface area contributed by atoms with Crippen molar-refractivity contribution >= 4 is 23.2 Å². The lowest BCUT2D eigenvalue weighted by molar-refractivity contribution is 0.162. The molecule has 1 saturated heterocycles. The Kier molecular flexibility index (Phi) is 4.31. The summed E-state index contributed by atoms with van der Waals surface area (Å²) in [5.41, 5.74) is 7.17. The van der Waals surface area contributed by atoms with Gasteiger partial charge in [0, 0.05) is 19.1 Å². The number of rotatable bonds is 2. The third kappa shape index (κ3) is 3.14. The van der Waals surface area contributed by atoms with Gasteiger partial charge in [-0.25, -0.2) is 0 Å². The van der Waals surface area contributed by atoms with E-state index in [1.807, 2.05) is 18.2 Å². The van der Waals surface area contributed by atoms with Crippen molar-refractivity contribution in [2.45, 2.75) is 25.9 Å². The van der Waals surface area contributed by atoms with Gasteiger partial charge in [-0.3, -0.25) is 4.90 Å². The van der Waals surface area contributed by atoms with Crippen LogP contribution in [0.5, 0.6) is 0 Å². The van der Waals surface area contributed by atoms with Crippen LogP contribution in [0.15, 0.2) is 18.2 Å². The van der Waals surface area contributed by atoms with Crippen molar-refractivity contribution in [3.8, 4) is 0 Å². The van der Waals surface area contributed by atoms with Gasteiger partial charge in [-0.2, -0.15) is 0 Å². The van der Waals surface area contributed by atoms with Crippen LogP contribution in [-0.4, -0.2) is 24.0 Å². The van der Waals surface area contributed by atoms with Gasteiger partial charge in [0.05, 0.1) is 10.0 Å². The molecule has 0 aliphatic carbocycles. The van der Waals surface area contributed by atoms with Crippen LogP contribution in [0.2, 0.25) is 10.0 Å². The van der Waals surface area contributed by atoms with Crippen LogP contribution >= 0.6 is 23.2 Å². The van der Waals surface area contributed by atoms with Crippen LogP contribution in [0.3, 0.4) is 0 Å². The lowest BCUT2D eigenvalue weighted by atomic mass is 9.94. The Labute approximate surface area is 113 Å². The van der Waals surface area contributed by atoms with E-state index in [4.69, 9.17) is 28.9 Å². The maximum Gasteiger partial charge on any atom is 0.0637 e. The summed E-state index contributed by atoms with van der Waals surface area (Å²) in [6, 6.07) is 6.05. The molecule has 0 radical (unpaired) electrons. The van der Waals surface area contributed by atoms with Crippen LogP contribution < -0.4 is 5.73 Å². The summed E-state index contributed by atoms with van der Waals surface area (Å²) < 4.78 is 0. The molecule has 1 aliphatic rings. The van der Waals surface area contributed by atoms with E-state index in [9.17, 15) is 0 Å². The molecule has 0 saturated carbocycles. The normalized spacial score (nSPS) is 26.1. The van der Waals surface area contributed by atoms with Gasteiger partial charge in [-0.15, -0.1) is 0 Å². The zero-order chi connectivity index (χ0) is 12.4. The molecule has 94 valence electrons. The maximum absolute atomic E-state index is 6.19. The number of likely N-dealkylation sites (tertiary alicyclic amines) is 1. The molecule has 2 nitrogen and oxygen atoms in total. The van der Waals surface area contributed by atoms with Crippen molar-refractivity contribution in [1.82, 2.24) is 4.90 Å². The number of benzene rings is 1. The van der Waals surface area contributed by atoms with Crippen LogP contribution in [0.25, 0.3) is 0 Å². The fraction of sp³-hybridized carbons (Fsp3) is 0.538. The zero-order valence-corrected chi connectivity index (χ0v) is 11.5. The zero-order valence-electron chi connectivity index (χ0n) is 10.00. The van der Waals surface area contributed by atoms with Crippen LogP contribution in [0, 0.1) is 5.92 Å². The fourth-order valence-corrected chi connectivity index (χ4v) is 2.60. The van der Waals surface area contributed by atoms with Gasteiger partial charge in [0.1, 0.15) is 0 Å². The summed E-state index contributed by atoms with van der Waals surface area (Å²) in [5.74, 6) is 0.612. The minimum absolute atomic E-state index is 0.265. The van der Waals surface area contributed by atoms with Crippen molar-refractivity contribution in [2.75, 3.05) is 13.1 Å². The number of hydrogen-bond acceptors (Lipinski definition) is 2. The molecule has 2 unspecified atom stereocenters. The molecule has 2 rings (SSSR count). The van der Waals surface area contributed by atoms with E-state index in [0.717, 1.165) is 31.6 Å². The average Bonchev–Trinajstić information content (AvgIpc) is 2.30. The van der Waals surface area contributed by atoms with Crippen molar-refractivity contribution in [3.63, 3.8) is 0 Å². The van der Waals surface area contributed by atoms with E-state index in [1.54, 1.807) is 0 Å². The predicted molar refractivity (Wildman–Crippen MR) is 73.5 cm³/mol. The number of piperidine rings is 1.